The number of rotatable bonds is 3. The molecule has 0 bridgehead atoms. The summed E-state index contributed by atoms with van der Waals surface area (Å²) < 4.78 is 31.5. The monoisotopic (exact) mass is 353 g/mol. The average Bonchev–Trinajstić information content (AvgIpc) is 3.02. The number of morpholine rings is 1. The van der Waals surface area contributed by atoms with Gasteiger partial charge >= 0.3 is 0 Å². The summed E-state index contributed by atoms with van der Waals surface area (Å²) in [7, 11) is 0. The normalized spacial score (nSPS) is 14.5. The zero-order chi connectivity index (χ0) is 17.1. The van der Waals surface area contributed by atoms with E-state index in [0.29, 0.717) is 32.4 Å². The van der Waals surface area contributed by atoms with Crippen molar-refractivity contribution in [1.29, 1.82) is 0 Å². The van der Waals surface area contributed by atoms with Crippen molar-refractivity contribution in [2.75, 3.05) is 31.6 Å². The standard InChI is InChI=1S/C15H13F2N3O3S/c16-10-5-9(6-11(17)7-10)13(21)19-15-18-12(8-24-15)14(22)20-1-3-23-4-2-20/h5-8H,1-4H2,(H,18,19,21). The fourth-order valence-electron chi connectivity index (χ4n) is 2.21. The summed E-state index contributed by atoms with van der Waals surface area (Å²) in [4.78, 5) is 30.0. The van der Waals surface area contributed by atoms with Crippen LogP contribution in [0.2, 0.25) is 0 Å². The Bertz CT molecular complexity index is 755. The van der Waals surface area contributed by atoms with Crippen LogP contribution in [0.5, 0.6) is 0 Å². The van der Waals surface area contributed by atoms with E-state index in [0.717, 1.165) is 23.5 Å². The number of thiazole rings is 1. The number of hydrogen-bond donors (Lipinski definition) is 1. The predicted octanol–water partition coefficient (Wildman–Crippen LogP) is 2.15. The maximum absolute atomic E-state index is 13.1. The summed E-state index contributed by atoms with van der Waals surface area (Å²) in [5, 5.41) is 4.14. The predicted molar refractivity (Wildman–Crippen MR) is 83.1 cm³/mol. The number of carbonyl (C=O) groups excluding carboxylic acids is 2. The van der Waals surface area contributed by atoms with Crippen LogP contribution in [0, 0.1) is 11.6 Å². The van der Waals surface area contributed by atoms with E-state index in [1.165, 1.54) is 5.38 Å². The second-order valence-electron chi connectivity index (χ2n) is 5.05. The third kappa shape index (κ3) is 3.74. The number of anilines is 1. The molecule has 0 radical (unpaired) electrons. The molecule has 9 heteroatoms. The molecule has 126 valence electrons. The van der Waals surface area contributed by atoms with Crippen LogP contribution < -0.4 is 5.32 Å². The molecule has 0 spiro atoms. The third-order valence-electron chi connectivity index (χ3n) is 3.37. The highest BCUT2D eigenvalue weighted by atomic mass is 32.1. The molecule has 1 N–H and O–H groups in total. The largest absolute Gasteiger partial charge is 0.378 e. The van der Waals surface area contributed by atoms with Crippen LogP contribution in [0.1, 0.15) is 20.8 Å². The van der Waals surface area contributed by atoms with E-state index < -0.39 is 17.5 Å². The number of benzene rings is 1. The van der Waals surface area contributed by atoms with Crippen molar-refractivity contribution in [3.05, 3.63) is 46.5 Å². The first-order valence-electron chi connectivity index (χ1n) is 7.13. The molecule has 1 fully saturated rings. The molecule has 0 saturated carbocycles. The van der Waals surface area contributed by atoms with Crippen molar-refractivity contribution in [2.45, 2.75) is 0 Å². The Balaban J connectivity index is 1.69. The second-order valence-corrected chi connectivity index (χ2v) is 5.91. The Hall–Kier alpha value is -2.39. The summed E-state index contributed by atoms with van der Waals surface area (Å²) in [5.74, 6) is -2.63. The maximum Gasteiger partial charge on any atom is 0.273 e. The molecule has 1 saturated heterocycles. The minimum Gasteiger partial charge on any atom is -0.378 e. The van der Waals surface area contributed by atoms with Crippen molar-refractivity contribution in [3.8, 4) is 0 Å². The minimum absolute atomic E-state index is 0.163. The highest BCUT2D eigenvalue weighted by Crippen LogP contribution is 2.19. The summed E-state index contributed by atoms with van der Waals surface area (Å²) >= 11 is 1.06. The van der Waals surface area contributed by atoms with Crippen LogP contribution in [0.3, 0.4) is 0 Å². The Labute approximate surface area is 140 Å². The first-order chi connectivity index (χ1) is 11.5. The van der Waals surface area contributed by atoms with Crippen LogP contribution in [0.25, 0.3) is 0 Å². The Kier molecular flexibility index (Phi) is 4.81. The van der Waals surface area contributed by atoms with Gasteiger partial charge in [-0.05, 0) is 12.1 Å². The van der Waals surface area contributed by atoms with Crippen LogP contribution in [-0.2, 0) is 4.74 Å². The van der Waals surface area contributed by atoms with Crippen molar-refractivity contribution in [3.63, 3.8) is 0 Å². The number of carbonyl (C=O) groups is 2. The van der Waals surface area contributed by atoms with Crippen molar-refractivity contribution in [1.82, 2.24) is 9.88 Å². The van der Waals surface area contributed by atoms with Crippen molar-refractivity contribution in [2.24, 2.45) is 0 Å². The molecule has 0 aliphatic carbocycles. The first-order valence-corrected chi connectivity index (χ1v) is 8.01. The molecule has 2 amide bonds. The topological polar surface area (TPSA) is 71.5 Å². The van der Waals surface area contributed by atoms with E-state index in [1.807, 2.05) is 0 Å². The molecular formula is C15H13F2N3O3S. The molecule has 2 heterocycles. The number of halogens is 2. The van der Waals surface area contributed by atoms with Gasteiger partial charge in [0.2, 0.25) is 0 Å². The summed E-state index contributed by atoms with van der Waals surface area (Å²) in [6, 6.07) is 2.52. The molecule has 0 unspecified atom stereocenters. The van der Waals surface area contributed by atoms with Gasteiger partial charge in [-0.1, -0.05) is 0 Å². The number of aromatic nitrogens is 1. The van der Waals surface area contributed by atoms with E-state index in [1.54, 1.807) is 4.90 Å². The molecule has 1 aromatic heterocycles. The second kappa shape index (κ2) is 7.02. The van der Waals surface area contributed by atoms with Gasteiger partial charge in [0, 0.05) is 30.1 Å². The Morgan fingerprint density at radius 2 is 1.83 bits per heavy atom. The van der Waals surface area contributed by atoms with Crippen LogP contribution in [0.4, 0.5) is 13.9 Å². The third-order valence-corrected chi connectivity index (χ3v) is 4.12. The molecule has 1 aromatic carbocycles. The lowest BCUT2D eigenvalue weighted by molar-refractivity contribution is 0.0299. The van der Waals surface area contributed by atoms with Gasteiger partial charge in [-0.3, -0.25) is 14.9 Å². The van der Waals surface area contributed by atoms with E-state index in [2.05, 4.69) is 10.3 Å². The number of nitrogens with zero attached hydrogens (tertiary/aromatic N) is 2. The molecule has 24 heavy (non-hydrogen) atoms. The lowest BCUT2D eigenvalue weighted by Crippen LogP contribution is -2.40. The molecule has 1 aliphatic heterocycles. The molecule has 0 atom stereocenters. The van der Waals surface area contributed by atoms with Gasteiger partial charge in [-0.25, -0.2) is 13.8 Å². The summed E-state index contributed by atoms with van der Waals surface area (Å²) in [5.41, 5.74) is 0.0476. The highest BCUT2D eigenvalue weighted by Gasteiger charge is 2.21. The molecule has 3 rings (SSSR count). The Morgan fingerprint density at radius 1 is 1.17 bits per heavy atom. The van der Waals surface area contributed by atoms with Gasteiger partial charge in [-0.15, -0.1) is 11.3 Å². The summed E-state index contributed by atoms with van der Waals surface area (Å²) in [6.07, 6.45) is 0. The molecule has 1 aliphatic rings. The van der Waals surface area contributed by atoms with Crippen molar-refractivity contribution < 1.29 is 23.1 Å². The fraction of sp³-hybridized carbons (Fsp3) is 0.267. The van der Waals surface area contributed by atoms with Crippen LogP contribution >= 0.6 is 11.3 Å². The lowest BCUT2D eigenvalue weighted by Gasteiger charge is -2.25. The van der Waals surface area contributed by atoms with E-state index in [-0.39, 0.29) is 22.3 Å². The van der Waals surface area contributed by atoms with Gasteiger partial charge < -0.3 is 9.64 Å². The van der Waals surface area contributed by atoms with Crippen LogP contribution in [-0.4, -0.2) is 48.0 Å². The van der Waals surface area contributed by atoms with E-state index in [4.69, 9.17) is 4.74 Å². The van der Waals surface area contributed by atoms with Gasteiger partial charge in [-0.2, -0.15) is 0 Å². The highest BCUT2D eigenvalue weighted by molar-refractivity contribution is 7.14. The zero-order valence-electron chi connectivity index (χ0n) is 12.4. The van der Waals surface area contributed by atoms with Gasteiger partial charge in [0.15, 0.2) is 5.13 Å². The van der Waals surface area contributed by atoms with Gasteiger partial charge in [0.05, 0.1) is 13.2 Å². The van der Waals surface area contributed by atoms with E-state index >= 15 is 0 Å². The maximum atomic E-state index is 13.1. The Morgan fingerprint density at radius 3 is 2.50 bits per heavy atom. The summed E-state index contributed by atoms with van der Waals surface area (Å²) in [6.45, 7) is 1.93. The fourth-order valence-corrected chi connectivity index (χ4v) is 2.89. The van der Waals surface area contributed by atoms with Gasteiger partial charge in [0.25, 0.3) is 11.8 Å². The average molecular weight is 353 g/mol. The minimum atomic E-state index is -0.845. The van der Waals surface area contributed by atoms with Crippen molar-refractivity contribution >= 4 is 28.3 Å². The molecule has 2 aromatic rings. The van der Waals surface area contributed by atoms with E-state index in [9.17, 15) is 18.4 Å². The zero-order valence-corrected chi connectivity index (χ0v) is 13.2. The SMILES string of the molecule is O=C(Nc1nc(C(=O)N2CCOCC2)cs1)c1cc(F)cc(F)c1. The first kappa shape index (κ1) is 16.5. The molecule has 6 nitrogen and oxygen atoms in total. The molecular weight excluding hydrogens is 340 g/mol. The number of amides is 2. The van der Waals surface area contributed by atoms with Crippen LogP contribution in [0.15, 0.2) is 23.6 Å². The lowest BCUT2D eigenvalue weighted by atomic mass is 10.2. The smallest absolute Gasteiger partial charge is 0.273 e. The number of ether oxygens (including phenoxy) is 1. The number of hydrogen-bond acceptors (Lipinski definition) is 5. The van der Waals surface area contributed by atoms with Gasteiger partial charge in [0.1, 0.15) is 17.3 Å². The quantitative estimate of drug-likeness (QED) is 0.918. The number of nitrogens with one attached hydrogen (secondary N) is 1.